The lowest BCUT2D eigenvalue weighted by molar-refractivity contribution is -0.126. The van der Waals surface area contributed by atoms with Crippen molar-refractivity contribution in [3.63, 3.8) is 0 Å². The lowest BCUT2D eigenvalue weighted by atomic mass is 9.53. The zero-order chi connectivity index (χ0) is 20.9. The van der Waals surface area contributed by atoms with Crippen molar-refractivity contribution in [1.29, 1.82) is 0 Å². The Kier molecular flexibility index (Phi) is 5.34. The number of nitrogens with one attached hydrogen (secondary N) is 1. The van der Waals surface area contributed by atoms with Crippen molar-refractivity contribution in [2.45, 2.75) is 74.9 Å². The molecule has 1 amide bonds. The van der Waals surface area contributed by atoms with Gasteiger partial charge in [-0.05, 0) is 82.3 Å². The molecule has 1 aromatic carbocycles. The normalized spacial score (nSPS) is 30.4. The Morgan fingerprint density at radius 3 is 2.50 bits per heavy atom. The van der Waals surface area contributed by atoms with Gasteiger partial charge in [-0.3, -0.25) is 4.79 Å². The van der Waals surface area contributed by atoms with Gasteiger partial charge in [-0.15, -0.1) is 10.2 Å². The van der Waals surface area contributed by atoms with Crippen LogP contribution in [0.25, 0.3) is 11.4 Å². The monoisotopic (exact) mass is 444 g/mol. The van der Waals surface area contributed by atoms with Gasteiger partial charge in [-0.1, -0.05) is 35.5 Å². The number of nitrogens with zero attached hydrogens (tertiary/aromatic N) is 3. The van der Waals surface area contributed by atoms with Crippen molar-refractivity contribution in [1.82, 2.24) is 20.1 Å². The fraction of sp³-hybridized carbons (Fsp3) is 0.609. The van der Waals surface area contributed by atoms with Gasteiger partial charge >= 0.3 is 0 Å². The molecule has 5 nitrogen and oxygen atoms in total. The van der Waals surface area contributed by atoms with Crippen LogP contribution in [-0.4, -0.2) is 31.5 Å². The Labute approximate surface area is 187 Å². The minimum absolute atomic E-state index is 0.0467. The van der Waals surface area contributed by atoms with Gasteiger partial charge in [0.15, 0.2) is 11.0 Å². The summed E-state index contributed by atoms with van der Waals surface area (Å²) in [7, 11) is 0. The molecule has 1 atom stereocenters. The molecule has 4 fully saturated rings. The number of halogens is 1. The standard InChI is InChI=1S/C23H29ClN4OS/c1-3-28-20(18-5-4-6-19(24)10-18)26-27-22(28)30-14(2)21(29)25-23-11-15-7-16(12-23)9-17(8-15)13-23/h4-6,10,14-17H,3,7-9,11-13H2,1-2H3,(H,25,29). The van der Waals surface area contributed by atoms with E-state index in [4.69, 9.17) is 11.6 Å². The molecule has 0 radical (unpaired) electrons. The Morgan fingerprint density at radius 1 is 1.23 bits per heavy atom. The minimum Gasteiger partial charge on any atom is -0.350 e. The quantitative estimate of drug-likeness (QED) is 0.623. The molecule has 1 unspecified atom stereocenters. The molecule has 0 saturated heterocycles. The van der Waals surface area contributed by atoms with E-state index in [1.165, 1.54) is 50.3 Å². The third kappa shape index (κ3) is 3.77. The molecule has 30 heavy (non-hydrogen) atoms. The summed E-state index contributed by atoms with van der Waals surface area (Å²) in [5, 5.41) is 13.5. The second-order valence-corrected chi connectivity index (χ2v) is 11.3. The maximum Gasteiger partial charge on any atom is 0.233 e. The smallest absolute Gasteiger partial charge is 0.233 e. The Bertz CT molecular complexity index is 923. The van der Waals surface area contributed by atoms with Crippen LogP contribution < -0.4 is 5.32 Å². The molecule has 4 bridgehead atoms. The molecule has 4 aliphatic rings. The SMILES string of the molecule is CCn1c(SC(C)C(=O)NC23CC4CC(CC(C4)C2)C3)nnc1-c1cccc(Cl)c1. The van der Waals surface area contributed by atoms with Crippen molar-refractivity contribution in [2.75, 3.05) is 0 Å². The van der Waals surface area contributed by atoms with Crippen LogP contribution in [0.2, 0.25) is 5.02 Å². The van der Waals surface area contributed by atoms with E-state index in [0.717, 1.165) is 40.8 Å². The van der Waals surface area contributed by atoms with E-state index < -0.39 is 0 Å². The van der Waals surface area contributed by atoms with Crippen LogP contribution in [0.3, 0.4) is 0 Å². The summed E-state index contributed by atoms with van der Waals surface area (Å²) in [6.45, 7) is 4.79. The highest BCUT2D eigenvalue weighted by atomic mass is 35.5. The summed E-state index contributed by atoms with van der Waals surface area (Å²) < 4.78 is 2.06. The molecule has 6 rings (SSSR count). The molecule has 4 saturated carbocycles. The number of rotatable bonds is 6. The van der Waals surface area contributed by atoms with Gasteiger partial charge in [0, 0.05) is 22.7 Å². The zero-order valence-electron chi connectivity index (χ0n) is 17.6. The predicted molar refractivity (Wildman–Crippen MR) is 121 cm³/mol. The number of carbonyl (C=O) groups is 1. The molecule has 160 valence electrons. The van der Waals surface area contributed by atoms with Crippen molar-refractivity contribution < 1.29 is 4.79 Å². The molecule has 1 N–H and O–H groups in total. The van der Waals surface area contributed by atoms with E-state index in [1.807, 2.05) is 31.2 Å². The summed E-state index contributed by atoms with van der Waals surface area (Å²) >= 11 is 7.65. The lowest BCUT2D eigenvalue weighted by Gasteiger charge is -2.57. The van der Waals surface area contributed by atoms with Gasteiger partial charge in [-0.25, -0.2) is 0 Å². The van der Waals surface area contributed by atoms with Crippen LogP contribution >= 0.6 is 23.4 Å². The highest BCUT2D eigenvalue weighted by Crippen LogP contribution is 2.55. The molecular formula is C23H29ClN4OS. The first-order valence-electron chi connectivity index (χ1n) is 11.1. The first-order valence-corrected chi connectivity index (χ1v) is 12.4. The average Bonchev–Trinajstić information content (AvgIpc) is 3.09. The molecule has 2 aromatic rings. The maximum atomic E-state index is 13.1. The van der Waals surface area contributed by atoms with E-state index in [0.29, 0.717) is 5.02 Å². The van der Waals surface area contributed by atoms with Gasteiger partial charge in [0.05, 0.1) is 5.25 Å². The third-order valence-corrected chi connectivity index (χ3v) is 8.51. The molecule has 7 heteroatoms. The number of thioether (sulfide) groups is 1. The lowest BCUT2D eigenvalue weighted by Crippen LogP contribution is -2.60. The van der Waals surface area contributed by atoms with E-state index in [9.17, 15) is 4.79 Å². The number of aromatic nitrogens is 3. The van der Waals surface area contributed by atoms with Crippen LogP contribution in [0, 0.1) is 17.8 Å². The number of amides is 1. The third-order valence-electron chi connectivity index (χ3n) is 7.19. The molecule has 0 spiro atoms. The maximum absolute atomic E-state index is 13.1. The van der Waals surface area contributed by atoms with Crippen LogP contribution in [0.1, 0.15) is 52.4 Å². The Balaban J connectivity index is 1.30. The van der Waals surface area contributed by atoms with Crippen LogP contribution in [0.5, 0.6) is 0 Å². The van der Waals surface area contributed by atoms with Crippen LogP contribution in [0.4, 0.5) is 0 Å². The van der Waals surface area contributed by atoms with Crippen LogP contribution in [0.15, 0.2) is 29.4 Å². The van der Waals surface area contributed by atoms with Gasteiger partial charge in [-0.2, -0.15) is 0 Å². The van der Waals surface area contributed by atoms with Gasteiger partial charge in [0.2, 0.25) is 5.91 Å². The van der Waals surface area contributed by atoms with Crippen molar-refractivity contribution in [2.24, 2.45) is 17.8 Å². The van der Waals surface area contributed by atoms with E-state index in [2.05, 4.69) is 27.0 Å². The zero-order valence-corrected chi connectivity index (χ0v) is 19.2. The number of hydrogen-bond donors (Lipinski definition) is 1. The fourth-order valence-corrected chi connectivity index (χ4v) is 7.44. The van der Waals surface area contributed by atoms with E-state index >= 15 is 0 Å². The molecule has 0 aliphatic heterocycles. The minimum atomic E-state index is -0.209. The summed E-state index contributed by atoms with van der Waals surface area (Å²) in [6.07, 6.45) is 7.66. The average molecular weight is 445 g/mol. The highest BCUT2D eigenvalue weighted by Gasteiger charge is 2.51. The first-order chi connectivity index (χ1) is 14.4. The molecular weight excluding hydrogens is 416 g/mol. The summed E-state index contributed by atoms with van der Waals surface area (Å²) in [4.78, 5) is 13.1. The summed E-state index contributed by atoms with van der Waals surface area (Å²) in [5.74, 6) is 3.39. The first kappa shape index (κ1) is 20.4. The van der Waals surface area contributed by atoms with Crippen molar-refractivity contribution in [3.8, 4) is 11.4 Å². The summed E-state index contributed by atoms with van der Waals surface area (Å²) in [5.41, 5.74) is 0.986. The largest absolute Gasteiger partial charge is 0.350 e. The van der Waals surface area contributed by atoms with Gasteiger partial charge in [0.1, 0.15) is 0 Å². The summed E-state index contributed by atoms with van der Waals surface area (Å²) in [6, 6.07) is 7.65. The second-order valence-electron chi connectivity index (χ2n) is 9.51. The molecule has 1 aromatic heterocycles. The second kappa shape index (κ2) is 7.86. The van der Waals surface area contributed by atoms with Crippen LogP contribution in [-0.2, 0) is 11.3 Å². The Morgan fingerprint density at radius 2 is 1.90 bits per heavy atom. The van der Waals surface area contributed by atoms with Crippen molar-refractivity contribution >= 4 is 29.3 Å². The fourth-order valence-electron chi connectivity index (χ4n) is 6.34. The molecule has 4 aliphatic carbocycles. The predicted octanol–water partition coefficient (Wildman–Crippen LogP) is 5.18. The Hall–Kier alpha value is -1.53. The molecule has 1 heterocycles. The topological polar surface area (TPSA) is 59.8 Å². The van der Waals surface area contributed by atoms with E-state index in [-0.39, 0.29) is 16.7 Å². The van der Waals surface area contributed by atoms with Gasteiger partial charge in [0.25, 0.3) is 0 Å². The van der Waals surface area contributed by atoms with Gasteiger partial charge < -0.3 is 9.88 Å². The van der Waals surface area contributed by atoms with Crippen molar-refractivity contribution in [3.05, 3.63) is 29.3 Å². The number of carbonyl (C=O) groups excluding carboxylic acids is 1. The number of benzene rings is 1. The van der Waals surface area contributed by atoms with E-state index in [1.54, 1.807) is 0 Å². The number of hydrogen-bond acceptors (Lipinski definition) is 4. The highest BCUT2D eigenvalue weighted by molar-refractivity contribution is 8.00.